The molecule has 1 amide bonds. The number of fused-ring (bicyclic) bond motifs is 3. The van der Waals surface area contributed by atoms with Gasteiger partial charge < -0.3 is 21.7 Å². The van der Waals surface area contributed by atoms with Gasteiger partial charge in [0, 0.05) is 30.1 Å². The Morgan fingerprint density at radius 1 is 1.50 bits per heavy atom. The molecule has 2 aromatic rings. The Hall–Kier alpha value is -1.80. The number of allylic oxidation sites excluding steroid dienone is 1. The van der Waals surface area contributed by atoms with E-state index in [2.05, 4.69) is 10.3 Å². The highest BCUT2D eigenvalue weighted by Crippen LogP contribution is 2.46. The Kier molecular flexibility index (Phi) is 5.72. The predicted molar refractivity (Wildman–Crippen MR) is 110 cm³/mol. The number of thiophene rings is 1. The molecule has 2 heterocycles. The van der Waals surface area contributed by atoms with Gasteiger partial charge in [-0.1, -0.05) is 23.2 Å². The summed E-state index contributed by atoms with van der Waals surface area (Å²) in [5.74, 6) is -0.0535. The third-order valence-electron chi connectivity index (χ3n) is 4.32. The first-order chi connectivity index (χ1) is 12.5. The summed E-state index contributed by atoms with van der Waals surface area (Å²) in [5.41, 5.74) is 13.6. The average molecular weight is 412 g/mol. The normalized spacial score (nSPS) is 14.9. The van der Waals surface area contributed by atoms with Gasteiger partial charge in [0.05, 0.1) is 45.4 Å². The zero-order chi connectivity index (χ0) is 18.8. The first-order valence-corrected chi connectivity index (χ1v) is 9.61. The van der Waals surface area contributed by atoms with E-state index in [1.54, 1.807) is 35.6 Å². The minimum absolute atomic E-state index is 0.0145. The first-order valence-electron chi connectivity index (χ1n) is 8.04. The van der Waals surface area contributed by atoms with E-state index >= 15 is 0 Å². The van der Waals surface area contributed by atoms with Gasteiger partial charge in [0.1, 0.15) is 0 Å². The molecule has 138 valence electrons. The van der Waals surface area contributed by atoms with Gasteiger partial charge in [-0.05, 0) is 18.1 Å². The van der Waals surface area contributed by atoms with E-state index < -0.39 is 0 Å². The summed E-state index contributed by atoms with van der Waals surface area (Å²) >= 11 is 14.3. The molecule has 1 aliphatic rings. The molecule has 0 aliphatic carbocycles. The minimum atomic E-state index is -0.0535. The Morgan fingerprint density at radius 2 is 2.27 bits per heavy atom. The number of hydrogen-bond acceptors (Lipinski definition) is 6. The maximum absolute atomic E-state index is 11.9. The van der Waals surface area contributed by atoms with Gasteiger partial charge in [0.25, 0.3) is 0 Å². The number of nitrogens with zero attached hydrogens (tertiary/aromatic N) is 2. The van der Waals surface area contributed by atoms with Crippen molar-refractivity contribution in [3.8, 4) is 0 Å². The van der Waals surface area contributed by atoms with E-state index in [0.29, 0.717) is 28.8 Å². The van der Waals surface area contributed by atoms with E-state index in [4.69, 9.17) is 34.7 Å². The van der Waals surface area contributed by atoms with E-state index in [-0.39, 0.29) is 12.5 Å². The van der Waals surface area contributed by atoms with Gasteiger partial charge in [0.2, 0.25) is 5.91 Å². The standard InChI is InChI=1S/C17H19Cl2N5OS/c1-22-9(5-20)7-23-12-4-11(18)16(19)17-15(12)10-2-3-24(14(25)6-21)8-13(10)26-17/h4-5,7,22H,2-3,6,8,20-21H2,1H3/b9-5+,23-7?. The maximum Gasteiger partial charge on any atom is 0.236 e. The molecular formula is C17H19Cl2N5OS. The van der Waals surface area contributed by atoms with Crippen molar-refractivity contribution in [2.45, 2.75) is 13.0 Å². The van der Waals surface area contributed by atoms with Crippen LogP contribution in [0.1, 0.15) is 10.4 Å². The molecule has 9 heteroatoms. The predicted octanol–water partition coefficient (Wildman–Crippen LogP) is 2.77. The summed E-state index contributed by atoms with van der Waals surface area (Å²) < 4.78 is 0.890. The molecule has 1 aromatic carbocycles. The number of nitrogens with two attached hydrogens (primary N) is 2. The van der Waals surface area contributed by atoms with Crippen molar-refractivity contribution in [1.82, 2.24) is 10.2 Å². The molecule has 0 saturated carbocycles. The molecule has 1 aliphatic heterocycles. The van der Waals surface area contributed by atoms with E-state index in [0.717, 1.165) is 27.1 Å². The van der Waals surface area contributed by atoms with Crippen LogP contribution in [0.15, 0.2) is 23.0 Å². The summed E-state index contributed by atoms with van der Waals surface area (Å²) in [6.07, 6.45) is 3.82. The van der Waals surface area contributed by atoms with Crippen molar-refractivity contribution in [3.63, 3.8) is 0 Å². The average Bonchev–Trinajstić information content (AvgIpc) is 3.04. The van der Waals surface area contributed by atoms with Gasteiger partial charge in [-0.2, -0.15) is 0 Å². The summed E-state index contributed by atoms with van der Waals surface area (Å²) in [4.78, 5) is 19.4. The number of amides is 1. The Balaban J connectivity index is 2.12. The number of benzene rings is 1. The minimum Gasteiger partial charge on any atom is -0.403 e. The summed E-state index contributed by atoms with van der Waals surface area (Å²) in [6.45, 7) is 1.18. The lowest BCUT2D eigenvalue weighted by molar-refractivity contribution is -0.130. The van der Waals surface area contributed by atoms with Crippen LogP contribution in [0.5, 0.6) is 0 Å². The number of rotatable bonds is 4. The van der Waals surface area contributed by atoms with Crippen LogP contribution in [0.25, 0.3) is 10.1 Å². The van der Waals surface area contributed by atoms with Crippen LogP contribution in [0.2, 0.25) is 10.0 Å². The molecule has 6 nitrogen and oxygen atoms in total. The molecule has 0 atom stereocenters. The fraction of sp³-hybridized carbons (Fsp3) is 0.294. The lowest BCUT2D eigenvalue weighted by atomic mass is 10.0. The van der Waals surface area contributed by atoms with E-state index in [1.165, 1.54) is 11.8 Å². The maximum atomic E-state index is 11.9. The summed E-state index contributed by atoms with van der Waals surface area (Å²) in [7, 11) is 1.77. The second kappa shape index (κ2) is 7.84. The van der Waals surface area contributed by atoms with Crippen molar-refractivity contribution in [1.29, 1.82) is 0 Å². The SMILES string of the molecule is CN/C(C=Nc1cc(Cl)c(Cl)c2sc3c(c12)CCN(C(=O)CN)C3)=C/N. The Morgan fingerprint density at radius 3 is 2.92 bits per heavy atom. The van der Waals surface area contributed by atoms with Gasteiger partial charge >= 0.3 is 0 Å². The number of aliphatic imine (C=N–C) groups is 1. The van der Waals surface area contributed by atoms with Crippen LogP contribution in [0, 0.1) is 0 Å². The quantitative estimate of drug-likeness (QED) is 0.673. The molecule has 0 radical (unpaired) electrons. The molecule has 0 fully saturated rings. The van der Waals surface area contributed by atoms with E-state index in [9.17, 15) is 4.79 Å². The highest BCUT2D eigenvalue weighted by Gasteiger charge is 2.26. The molecule has 5 N–H and O–H groups in total. The monoisotopic (exact) mass is 411 g/mol. The van der Waals surface area contributed by atoms with Gasteiger partial charge in [0.15, 0.2) is 0 Å². The molecular weight excluding hydrogens is 393 g/mol. The van der Waals surface area contributed by atoms with Crippen molar-refractivity contribution in [2.24, 2.45) is 16.5 Å². The van der Waals surface area contributed by atoms with Crippen molar-refractivity contribution < 1.29 is 4.79 Å². The molecule has 1 aromatic heterocycles. The molecule has 0 spiro atoms. The molecule has 0 saturated heterocycles. The largest absolute Gasteiger partial charge is 0.403 e. The number of carbonyl (C=O) groups excluding carboxylic acids is 1. The fourth-order valence-electron chi connectivity index (χ4n) is 2.97. The second-order valence-electron chi connectivity index (χ2n) is 5.80. The highest BCUT2D eigenvalue weighted by atomic mass is 35.5. The summed E-state index contributed by atoms with van der Waals surface area (Å²) in [6, 6.07) is 1.76. The Bertz CT molecular complexity index is 922. The van der Waals surface area contributed by atoms with Gasteiger partial charge in [-0.25, -0.2) is 0 Å². The lowest BCUT2D eigenvalue weighted by Gasteiger charge is -2.26. The third-order valence-corrected chi connectivity index (χ3v) is 6.46. The molecule has 3 rings (SSSR count). The fourth-order valence-corrected chi connectivity index (χ4v) is 4.81. The number of carbonyl (C=O) groups is 1. The van der Waals surface area contributed by atoms with Gasteiger partial charge in [-0.15, -0.1) is 11.3 Å². The van der Waals surface area contributed by atoms with Crippen LogP contribution in [-0.2, 0) is 17.8 Å². The van der Waals surface area contributed by atoms with Crippen molar-refractivity contribution >= 4 is 62.4 Å². The van der Waals surface area contributed by atoms with Crippen LogP contribution in [0.4, 0.5) is 5.69 Å². The van der Waals surface area contributed by atoms with Gasteiger partial charge in [-0.3, -0.25) is 9.79 Å². The van der Waals surface area contributed by atoms with Crippen molar-refractivity contribution in [2.75, 3.05) is 20.1 Å². The molecule has 26 heavy (non-hydrogen) atoms. The zero-order valence-corrected chi connectivity index (χ0v) is 16.5. The number of halogens is 2. The van der Waals surface area contributed by atoms with Crippen LogP contribution in [-0.4, -0.2) is 37.2 Å². The van der Waals surface area contributed by atoms with Crippen molar-refractivity contribution in [3.05, 3.63) is 38.4 Å². The smallest absolute Gasteiger partial charge is 0.236 e. The summed E-state index contributed by atoms with van der Waals surface area (Å²) in [5, 5.41) is 4.90. The van der Waals surface area contributed by atoms with E-state index in [1.807, 2.05) is 0 Å². The number of hydrogen-bond donors (Lipinski definition) is 3. The molecule has 0 bridgehead atoms. The molecule has 0 unspecified atom stereocenters. The van der Waals surface area contributed by atoms with Crippen LogP contribution < -0.4 is 16.8 Å². The first kappa shape index (κ1) is 19.0. The lowest BCUT2D eigenvalue weighted by Crippen LogP contribution is -2.39. The third kappa shape index (κ3) is 3.40. The number of nitrogens with one attached hydrogen (secondary N) is 1. The zero-order valence-electron chi connectivity index (χ0n) is 14.2. The second-order valence-corrected chi connectivity index (χ2v) is 7.69. The van der Waals surface area contributed by atoms with Crippen LogP contribution >= 0.6 is 34.5 Å². The van der Waals surface area contributed by atoms with Crippen LogP contribution in [0.3, 0.4) is 0 Å². The highest BCUT2D eigenvalue weighted by molar-refractivity contribution is 7.20. The topological polar surface area (TPSA) is 96.7 Å². The Labute approximate surface area is 165 Å².